The van der Waals surface area contributed by atoms with Crippen LogP contribution in [0.25, 0.3) is 0 Å². The van der Waals surface area contributed by atoms with E-state index in [0.29, 0.717) is 6.04 Å². The molecule has 0 aromatic heterocycles. The van der Waals surface area contributed by atoms with Gasteiger partial charge in [0, 0.05) is 17.6 Å². The summed E-state index contributed by atoms with van der Waals surface area (Å²) in [4.78, 5) is 2.59. The smallest absolute Gasteiger partial charge is 0.0406 e. The highest BCUT2D eigenvalue weighted by atomic mass is 35.5. The summed E-state index contributed by atoms with van der Waals surface area (Å²) in [5, 5.41) is 4.12. The van der Waals surface area contributed by atoms with Crippen molar-refractivity contribution in [3.8, 4) is 0 Å². The Morgan fingerprint density at radius 3 is 2.68 bits per heavy atom. The molecule has 1 aromatic carbocycles. The first-order chi connectivity index (χ1) is 8.70. The highest BCUT2D eigenvalue weighted by molar-refractivity contribution is 6.30. The number of hydrogen-bond acceptors (Lipinski definition) is 2. The largest absolute Gasteiger partial charge is 0.319 e. The van der Waals surface area contributed by atoms with E-state index in [1.165, 1.54) is 31.5 Å². The van der Waals surface area contributed by atoms with Gasteiger partial charge in [0.1, 0.15) is 0 Å². The fraction of sp³-hybridized carbons (Fsp3) is 0.600. The van der Waals surface area contributed by atoms with Crippen molar-refractivity contribution in [3.05, 3.63) is 34.9 Å². The third kappa shape index (κ3) is 4.64. The molecule has 2 atom stereocenters. The first-order valence-electron chi connectivity index (χ1n) is 6.85. The summed E-state index contributed by atoms with van der Waals surface area (Å²) in [5.41, 5.74) is 1.37. The molecular weight excluding hydrogens is 279 g/mol. The van der Waals surface area contributed by atoms with E-state index in [1.54, 1.807) is 0 Å². The molecule has 0 saturated carbocycles. The number of nitrogens with one attached hydrogen (secondary N) is 1. The molecule has 0 spiro atoms. The molecule has 0 aliphatic carbocycles. The first-order valence-corrected chi connectivity index (χ1v) is 7.22. The van der Waals surface area contributed by atoms with E-state index in [0.717, 1.165) is 17.5 Å². The first kappa shape index (κ1) is 16.8. The lowest BCUT2D eigenvalue weighted by Crippen LogP contribution is -2.40. The zero-order valence-corrected chi connectivity index (χ0v) is 13.3. The molecule has 2 nitrogen and oxygen atoms in total. The number of piperidine rings is 1. The Hall–Kier alpha value is -0.280. The Bertz CT molecular complexity index is 365. The lowest BCUT2D eigenvalue weighted by Gasteiger charge is -2.37. The predicted molar refractivity (Wildman–Crippen MR) is 85.3 cm³/mol. The third-order valence-electron chi connectivity index (χ3n) is 3.94. The molecule has 0 bridgehead atoms. The Balaban J connectivity index is 0.00000180. The maximum absolute atomic E-state index is 5.94. The molecule has 1 saturated heterocycles. The fourth-order valence-corrected chi connectivity index (χ4v) is 2.98. The standard InChI is InChI=1S/C15H23ClN2.ClH/c1-12(14-5-7-15(16)8-6-14)18-9-3-4-13(11-18)10-17-2;/h5-8,12-13,17H,3-4,9-11H2,1-2H3;1H. The Kier molecular flexibility index (Phi) is 7.16. The van der Waals surface area contributed by atoms with Crippen LogP contribution in [0.4, 0.5) is 0 Å². The second kappa shape index (κ2) is 8.11. The quantitative estimate of drug-likeness (QED) is 0.911. The average Bonchev–Trinajstić information content (AvgIpc) is 2.39. The Morgan fingerprint density at radius 2 is 2.05 bits per heavy atom. The SMILES string of the molecule is CNCC1CCCN(C(C)c2ccc(Cl)cc2)C1.Cl. The van der Waals surface area contributed by atoms with Gasteiger partial charge >= 0.3 is 0 Å². The topological polar surface area (TPSA) is 15.3 Å². The van der Waals surface area contributed by atoms with Crippen LogP contribution < -0.4 is 5.32 Å². The van der Waals surface area contributed by atoms with Gasteiger partial charge in [-0.2, -0.15) is 0 Å². The van der Waals surface area contributed by atoms with Gasteiger partial charge in [-0.3, -0.25) is 4.90 Å². The van der Waals surface area contributed by atoms with Gasteiger partial charge in [-0.25, -0.2) is 0 Å². The molecule has 4 heteroatoms. The number of halogens is 2. The van der Waals surface area contributed by atoms with Gasteiger partial charge in [0.25, 0.3) is 0 Å². The molecule has 1 aromatic rings. The number of likely N-dealkylation sites (tertiary alicyclic amines) is 1. The summed E-state index contributed by atoms with van der Waals surface area (Å²) in [7, 11) is 2.04. The molecule has 1 heterocycles. The second-order valence-corrected chi connectivity index (χ2v) is 5.72. The second-order valence-electron chi connectivity index (χ2n) is 5.29. The molecule has 1 aliphatic heterocycles. The van der Waals surface area contributed by atoms with Crippen LogP contribution in [0.5, 0.6) is 0 Å². The maximum atomic E-state index is 5.94. The molecule has 108 valence electrons. The monoisotopic (exact) mass is 302 g/mol. The normalized spacial score (nSPS) is 21.7. The van der Waals surface area contributed by atoms with Crippen LogP contribution in [0, 0.1) is 5.92 Å². The summed E-state index contributed by atoms with van der Waals surface area (Å²) < 4.78 is 0. The molecule has 1 N–H and O–H groups in total. The molecule has 2 rings (SSSR count). The van der Waals surface area contributed by atoms with Gasteiger partial charge in [0.2, 0.25) is 0 Å². The molecule has 2 unspecified atom stereocenters. The van der Waals surface area contributed by atoms with Crippen LogP contribution in [0.2, 0.25) is 5.02 Å². The van der Waals surface area contributed by atoms with Gasteiger partial charge in [-0.1, -0.05) is 23.7 Å². The van der Waals surface area contributed by atoms with Gasteiger partial charge in [0.15, 0.2) is 0 Å². The van der Waals surface area contributed by atoms with Gasteiger partial charge in [-0.15, -0.1) is 12.4 Å². The van der Waals surface area contributed by atoms with E-state index in [-0.39, 0.29) is 12.4 Å². The summed E-state index contributed by atoms with van der Waals surface area (Å²) in [5.74, 6) is 0.790. The zero-order chi connectivity index (χ0) is 13.0. The molecule has 0 radical (unpaired) electrons. The molecule has 1 aliphatic rings. The Labute approximate surface area is 127 Å². The van der Waals surface area contributed by atoms with Crippen LogP contribution in [0.15, 0.2) is 24.3 Å². The summed E-state index contributed by atoms with van der Waals surface area (Å²) in [6, 6.07) is 8.76. The van der Waals surface area contributed by atoms with E-state index in [1.807, 2.05) is 19.2 Å². The van der Waals surface area contributed by atoms with Crippen molar-refractivity contribution < 1.29 is 0 Å². The van der Waals surface area contributed by atoms with Crippen molar-refractivity contribution in [2.75, 3.05) is 26.7 Å². The van der Waals surface area contributed by atoms with E-state index in [9.17, 15) is 0 Å². The van der Waals surface area contributed by atoms with E-state index in [4.69, 9.17) is 11.6 Å². The van der Waals surface area contributed by atoms with Crippen LogP contribution >= 0.6 is 24.0 Å². The van der Waals surface area contributed by atoms with Crippen molar-refractivity contribution >= 4 is 24.0 Å². The van der Waals surface area contributed by atoms with Crippen molar-refractivity contribution in [1.82, 2.24) is 10.2 Å². The average molecular weight is 303 g/mol. The summed E-state index contributed by atoms with van der Waals surface area (Å²) in [6.45, 7) is 5.84. The lowest BCUT2D eigenvalue weighted by molar-refractivity contribution is 0.131. The summed E-state index contributed by atoms with van der Waals surface area (Å²) in [6.07, 6.45) is 2.66. The van der Waals surface area contributed by atoms with Crippen molar-refractivity contribution in [3.63, 3.8) is 0 Å². The Morgan fingerprint density at radius 1 is 1.37 bits per heavy atom. The minimum absolute atomic E-state index is 0. The highest BCUT2D eigenvalue weighted by Crippen LogP contribution is 2.27. The fourth-order valence-electron chi connectivity index (χ4n) is 2.86. The van der Waals surface area contributed by atoms with Gasteiger partial charge in [0.05, 0.1) is 0 Å². The van der Waals surface area contributed by atoms with Crippen LogP contribution in [0.1, 0.15) is 31.4 Å². The molecule has 1 fully saturated rings. The van der Waals surface area contributed by atoms with E-state index >= 15 is 0 Å². The van der Waals surface area contributed by atoms with Crippen molar-refractivity contribution in [1.29, 1.82) is 0 Å². The molecular formula is C15H24Cl2N2. The van der Waals surface area contributed by atoms with Crippen molar-refractivity contribution in [2.45, 2.75) is 25.8 Å². The zero-order valence-electron chi connectivity index (χ0n) is 11.7. The number of benzene rings is 1. The van der Waals surface area contributed by atoms with Crippen LogP contribution in [0.3, 0.4) is 0 Å². The minimum atomic E-state index is 0. The van der Waals surface area contributed by atoms with Gasteiger partial charge in [-0.05, 0) is 63.5 Å². The van der Waals surface area contributed by atoms with E-state index < -0.39 is 0 Å². The summed E-state index contributed by atoms with van der Waals surface area (Å²) >= 11 is 5.94. The maximum Gasteiger partial charge on any atom is 0.0406 e. The van der Waals surface area contributed by atoms with E-state index in [2.05, 4.69) is 29.3 Å². The third-order valence-corrected chi connectivity index (χ3v) is 4.20. The number of hydrogen-bond donors (Lipinski definition) is 1. The van der Waals surface area contributed by atoms with Crippen LogP contribution in [-0.2, 0) is 0 Å². The van der Waals surface area contributed by atoms with Gasteiger partial charge < -0.3 is 5.32 Å². The van der Waals surface area contributed by atoms with Crippen molar-refractivity contribution in [2.24, 2.45) is 5.92 Å². The number of nitrogens with zero attached hydrogens (tertiary/aromatic N) is 1. The number of rotatable bonds is 4. The van der Waals surface area contributed by atoms with Crippen LogP contribution in [-0.4, -0.2) is 31.6 Å². The highest BCUT2D eigenvalue weighted by Gasteiger charge is 2.23. The molecule has 0 amide bonds. The molecule has 19 heavy (non-hydrogen) atoms. The predicted octanol–water partition coefficient (Wildman–Crippen LogP) is 3.75. The minimum Gasteiger partial charge on any atom is -0.319 e. The lowest BCUT2D eigenvalue weighted by atomic mass is 9.95.